The van der Waals surface area contributed by atoms with Gasteiger partial charge in [0.05, 0.1) is 29.2 Å². The summed E-state index contributed by atoms with van der Waals surface area (Å²) in [5.41, 5.74) is 0.979. The molecule has 3 saturated heterocycles. The van der Waals surface area contributed by atoms with Crippen LogP contribution in [0.2, 0.25) is 0 Å². The number of benzene rings is 1. The molecular formula is C26H32N2O5S. The molecule has 3 aliphatic rings. The van der Waals surface area contributed by atoms with E-state index in [1.54, 1.807) is 29.7 Å². The van der Waals surface area contributed by atoms with Gasteiger partial charge in [0.15, 0.2) is 0 Å². The van der Waals surface area contributed by atoms with Gasteiger partial charge in [-0.3, -0.25) is 14.4 Å². The first-order chi connectivity index (χ1) is 16.4. The molecule has 0 aromatic heterocycles. The van der Waals surface area contributed by atoms with Gasteiger partial charge in [-0.25, -0.2) is 0 Å². The fourth-order valence-corrected chi connectivity index (χ4v) is 7.99. The van der Waals surface area contributed by atoms with E-state index in [1.807, 2.05) is 30.3 Å². The van der Waals surface area contributed by atoms with Crippen LogP contribution in [0.5, 0.6) is 0 Å². The number of aliphatic hydroxyl groups excluding tert-OH is 1. The summed E-state index contributed by atoms with van der Waals surface area (Å²) in [6, 6.07) is 8.38. The zero-order valence-corrected chi connectivity index (χ0v) is 20.3. The maximum Gasteiger partial charge on any atom is 0.311 e. The zero-order chi connectivity index (χ0) is 24.5. The summed E-state index contributed by atoms with van der Waals surface area (Å²) in [7, 11) is 0. The number of carbonyl (C=O) groups excluding carboxylic acids is 3. The largest absolute Gasteiger partial charge is 0.461 e. The van der Waals surface area contributed by atoms with Crippen molar-refractivity contribution < 1.29 is 24.2 Å². The SMILES string of the molecule is C=CCOC(=O)[C@@H]1[C@@H]2CCC3(S2)C(C(=O)N(CC=C)Cc2ccccc2)N([C@H](C)CO)C(=O)[C@H]13. The van der Waals surface area contributed by atoms with E-state index in [0.29, 0.717) is 19.5 Å². The summed E-state index contributed by atoms with van der Waals surface area (Å²) < 4.78 is 4.65. The van der Waals surface area contributed by atoms with Crippen LogP contribution in [-0.4, -0.2) is 74.5 Å². The van der Waals surface area contributed by atoms with Crippen LogP contribution in [-0.2, 0) is 25.7 Å². The molecule has 2 bridgehead atoms. The van der Waals surface area contributed by atoms with Crippen LogP contribution in [0.1, 0.15) is 25.3 Å². The average Bonchev–Trinajstić information content (AvgIpc) is 3.49. The number of nitrogens with zero attached hydrogens (tertiary/aromatic N) is 2. The number of ether oxygens (including phenoxy) is 1. The van der Waals surface area contributed by atoms with Crippen LogP contribution in [0.25, 0.3) is 0 Å². The lowest BCUT2D eigenvalue weighted by atomic mass is 9.71. The Morgan fingerprint density at radius 3 is 2.71 bits per heavy atom. The molecule has 0 saturated carbocycles. The summed E-state index contributed by atoms with van der Waals surface area (Å²) >= 11 is 1.59. The molecule has 3 heterocycles. The van der Waals surface area contributed by atoms with E-state index in [4.69, 9.17) is 4.74 Å². The van der Waals surface area contributed by atoms with Gasteiger partial charge in [0, 0.05) is 18.3 Å². The monoisotopic (exact) mass is 484 g/mol. The first kappa shape index (κ1) is 24.5. The molecular weight excluding hydrogens is 452 g/mol. The highest BCUT2D eigenvalue weighted by Gasteiger charge is 2.74. The Labute approximate surface area is 204 Å². The van der Waals surface area contributed by atoms with Crippen LogP contribution in [0, 0.1) is 11.8 Å². The van der Waals surface area contributed by atoms with Crippen LogP contribution < -0.4 is 0 Å². The third-order valence-corrected chi connectivity index (χ3v) is 9.16. The van der Waals surface area contributed by atoms with E-state index in [9.17, 15) is 19.5 Å². The normalized spacial score (nSPS) is 30.1. The number of fused-ring (bicyclic) bond motifs is 1. The highest BCUT2D eigenvalue weighted by atomic mass is 32.2. The molecule has 1 aromatic rings. The second kappa shape index (κ2) is 9.96. The van der Waals surface area contributed by atoms with Gasteiger partial charge < -0.3 is 19.6 Å². The number of aliphatic hydroxyl groups is 1. The first-order valence-electron chi connectivity index (χ1n) is 11.7. The van der Waals surface area contributed by atoms with Crippen molar-refractivity contribution in [1.29, 1.82) is 0 Å². The minimum atomic E-state index is -0.761. The maximum atomic E-state index is 14.1. The highest BCUT2D eigenvalue weighted by Crippen LogP contribution is 2.66. The summed E-state index contributed by atoms with van der Waals surface area (Å²) in [4.78, 5) is 44.2. The lowest BCUT2D eigenvalue weighted by molar-refractivity contribution is -0.153. The third kappa shape index (κ3) is 3.96. The van der Waals surface area contributed by atoms with E-state index in [0.717, 1.165) is 12.0 Å². The summed E-state index contributed by atoms with van der Waals surface area (Å²) in [6.45, 7) is 9.70. The molecule has 8 heteroatoms. The van der Waals surface area contributed by atoms with E-state index < -0.39 is 34.6 Å². The molecule has 4 rings (SSSR count). The van der Waals surface area contributed by atoms with E-state index >= 15 is 0 Å². The smallest absolute Gasteiger partial charge is 0.311 e. The van der Waals surface area contributed by atoms with E-state index in [-0.39, 0.29) is 30.3 Å². The van der Waals surface area contributed by atoms with Crippen molar-refractivity contribution in [2.75, 3.05) is 19.8 Å². The van der Waals surface area contributed by atoms with Crippen molar-refractivity contribution in [3.8, 4) is 0 Å². The molecule has 0 aliphatic carbocycles. The Morgan fingerprint density at radius 2 is 2.06 bits per heavy atom. The quantitative estimate of drug-likeness (QED) is 0.405. The Balaban J connectivity index is 1.71. The standard InChI is InChI=1S/C26H32N2O5S/c1-4-13-27(15-18-9-7-6-8-10-18)24(31)22-26-12-11-19(34-26)20(25(32)33-14-5-2)21(26)23(30)28(22)17(3)16-29/h4-10,17,19-22,29H,1-2,11-16H2,3H3/t17-,19+,20-,21+,22?,26?/m1/s1. The van der Waals surface area contributed by atoms with Crippen LogP contribution in [0.4, 0.5) is 0 Å². The minimum Gasteiger partial charge on any atom is -0.461 e. The molecule has 1 spiro atoms. The van der Waals surface area contributed by atoms with E-state index in [2.05, 4.69) is 13.2 Å². The molecule has 1 N–H and O–H groups in total. The van der Waals surface area contributed by atoms with Gasteiger partial charge >= 0.3 is 5.97 Å². The zero-order valence-electron chi connectivity index (χ0n) is 19.5. The lowest BCUT2D eigenvalue weighted by Crippen LogP contribution is -2.56. The summed E-state index contributed by atoms with van der Waals surface area (Å²) in [5, 5.41) is 9.91. The molecule has 2 amide bonds. The van der Waals surface area contributed by atoms with Gasteiger partial charge in [-0.1, -0.05) is 49.1 Å². The van der Waals surface area contributed by atoms with Crippen molar-refractivity contribution in [3.63, 3.8) is 0 Å². The fraction of sp³-hybridized carbons (Fsp3) is 0.500. The summed E-state index contributed by atoms with van der Waals surface area (Å²) in [5.74, 6) is -2.06. The Kier molecular flexibility index (Phi) is 7.19. The number of hydrogen-bond acceptors (Lipinski definition) is 6. The van der Waals surface area contributed by atoms with Crippen molar-refractivity contribution >= 4 is 29.5 Å². The molecule has 2 unspecified atom stereocenters. The lowest BCUT2D eigenvalue weighted by Gasteiger charge is -2.38. The van der Waals surface area contributed by atoms with E-state index in [1.165, 1.54) is 11.0 Å². The van der Waals surface area contributed by atoms with Gasteiger partial charge in [-0.15, -0.1) is 18.3 Å². The predicted octanol–water partition coefficient (Wildman–Crippen LogP) is 2.40. The molecule has 3 fully saturated rings. The van der Waals surface area contributed by atoms with Gasteiger partial charge in [-0.2, -0.15) is 0 Å². The van der Waals surface area contributed by atoms with Crippen molar-refractivity contribution in [1.82, 2.24) is 9.80 Å². The van der Waals surface area contributed by atoms with Crippen molar-refractivity contribution in [3.05, 3.63) is 61.2 Å². The van der Waals surface area contributed by atoms with Crippen LogP contribution in [0.15, 0.2) is 55.6 Å². The summed E-state index contributed by atoms with van der Waals surface area (Å²) in [6.07, 6.45) is 4.60. The molecule has 3 aliphatic heterocycles. The third-order valence-electron chi connectivity index (χ3n) is 7.20. The Morgan fingerprint density at radius 1 is 1.32 bits per heavy atom. The minimum absolute atomic E-state index is 0.0601. The van der Waals surface area contributed by atoms with Crippen molar-refractivity contribution in [2.24, 2.45) is 11.8 Å². The number of likely N-dealkylation sites (tertiary alicyclic amines) is 1. The van der Waals surface area contributed by atoms with Gasteiger partial charge in [0.1, 0.15) is 12.6 Å². The van der Waals surface area contributed by atoms with Gasteiger partial charge in [0.25, 0.3) is 0 Å². The molecule has 34 heavy (non-hydrogen) atoms. The average molecular weight is 485 g/mol. The maximum absolute atomic E-state index is 14.1. The number of carbonyl (C=O) groups is 3. The number of rotatable bonds is 10. The number of amides is 2. The molecule has 7 nitrogen and oxygen atoms in total. The number of thioether (sulfide) groups is 1. The highest BCUT2D eigenvalue weighted by molar-refractivity contribution is 8.02. The number of esters is 1. The molecule has 6 atom stereocenters. The van der Waals surface area contributed by atoms with Crippen LogP contribution in [0.3, 0.4) is 0 Å². The molecule has 182 valence electrons. The van der Waals surface area contributed by atoms with Crippen molar-refractivity contribution in [2.45, 2.75) is 48.4 Å². The van der Waals surface area contributed by atoms with Gasteiger partial charge in [0.2, 0.25) is 11.8 Å². The van der Waals surface area contributed by atoms with Crippen LogP contribution >= 0.6 is 11.8 Å². The molecule has 1 aromatic carbocycles. The Hall–Kier alpha value is -2.58. The predicted molar refractivity (Wildman–Crippen MR) is 131 cm³/mol. The molecule has 0 radical (unpaired) electrons. The second-order valence-corrected chi connectivity index (χ2v) is 10.8. The number of hydrogen-bond donors (Lipinski definition) is 1. The Bertz CT molecular complexity index is 969. The second-order valence-electron chi connectivity index (χ2n) is 9.24. The first-order valence-corrected chi connectivity index (χ1v) is 12.6. The van der Waals surface area contributed by atoms with Gasteiger partial charge in [-0.05, 0) is 25.3 Å². The topological polar surface area (TPSA) is 87.2 Å². The fourth-order valence-electron chi connectivity index (χ4n) is 5.80.